The number of hydrogen-bond acceptors (Lipinski definition) is 5. The van der Waals surface area contributed by atoms with E-state index in [1.54, 1.807) is 43.5 Å². The molecule has 0 saturated carbocycles. The lowest BCUT2D eigenvalue weighted by atomic mass is 10.2. The molecule has 25 heavy (non-hydrogen) atoms. The van der Waals surface area contributed by atoms with Crippen LogP contribution < -0.4 is 15.4 Å². The first kappa shape index (κ1) is 16.7. The largest absolute Gasteiger partial charge is 0.497 e. The zero-order chi connectivity index (χ0) is 17.6. The predicted molar refractivity (Wildman–Crippen MR) is 97.7 cm³/mol. The van der Waals surface area contributed by atoms with Crippen LogP contribution in [-0.4, -0.2) is 23.0 Å². The van der Waals surface area contributed by atoms with Crippen molar-refractivity contribution in [2.24, 2.45) is 0 Å². The molecule has 0 aliphatic heterocycles. The maximum atomic E-state index is 12.2. The van der Waals surface area contributed by atoms with Gasteiger partial charge in [-0.25, -0.2) is 9.97 Å². The number of benzene rings is 2. The van der Waals surface area contributed by atoms with Crippen molar-refractivity contribution in [2.75, 3.05) is 17.7 Å². The zero-order valence-electron chi connectivity index (χ0n) is 13.4. The minimum absolute atomic E-state index is 0.289. The molecule has 0 unspecified atom stereocenters. The van der Waals surface area contributed by atoms with Crippen molar-refractivity contribution in [3.8, 4) is 5.75 Å². The van der Waals surface area contributed by atoms with Gasteiger partial charge in [-0.3, -0.25) is 4.79 Å². The van der Waals surface area contributed by atoms with E-state index in [0.29, 0.717) is 22.2 Å². The summed E-state index contributed by atoms with van der Waals surface area (Å²) >= 11 is 5.84. The zero-order valence-corrected chi connectivity index (χ0v) is 14.1. The van der Waals surface area contributed by atoms with Gasteiger partial charge >= 0.3 is 0 Å². The van der Waals surface area contributed by atoms with E-state index in [2.05, 4.69) is 20.6 Å². The molecule has 6 nitrogen and oxygen atoms in total. The first-order valence-corrected chi connectivity index (χ1v) is 7.82. The third-order valence-electron chi connectivity index (χ3n) is 3.36. The summed E-state index contributed by atoms with van der Waals surface area (Å²) in [6, 6.07) is 14.2. The van der Waals surface area contributed by atoms with Crippen LogP contribution in [0.25, 0.3) is 0 Å². The van der Waals surface area contributed by atoms with Gasteiger partial charge in [0.1, 0.15) is 5.75 Å². The molecule has 0 aliphatic carbocycles. The van der Waals surface area contributed by atoms with E-state index in [-0.39, 0.29) is 5.91 Å². The van der Waals surface area contributed by atoms with E-state index in [1.807, 2.05) is 12.1 Å². The number of nitrogens with zero attached hydrogens (tertiary/aromatic N) is 2. The second kappa shape index (κ2) is 7.63. The van der Waals surface area contributed by atoms with Crippen molar-refractivity contribution >= 4 is 34.8 Å². The Morgan fingerprint density at radius 3 is 2.16 bits per heavy atom. The molecular formula is C18H15ClN4O2. The van der Waals surface area contributed by atoms with Crippen LogP contribution in [0, 0.1) is 0 Å². The van der Waals surface area contributed by atoms with Gasteiger partial charge in [0.05, 0.1) is 12.7 Å². The summed E-state index contributed by atoms with van der Waals surface area (Å²) in [5.41, 5.74) is 1.83. The highest BCUT2D eigenvalue weighted by atomic mass is 35.5. The standard InChI is InChI=1S/C18H15ClN4O2/c1-25-16-8-6-14(7-9-16)22-17(24)12-10-20-18(21-11-12)23-15-4-2-13(19)3-5-15/h2-11H,1H3,(H,22,24)(H,20,21,23). The molecule has 0 radical (unpaired) electrons. The molecule has 2 aromatic carbocycles. The lowest BCUT2D eigenvalue weighted by Gasteiger charge is -2.07. The molecular weight excluding hydrogens is 340 g/mol. The van der Waals surface area contributed by atoms with Gasteiger partial charge in [0, 0.05) is 28.8 Å². The third-order valence-corrected chi connectivity index (χ3v) is 3.61. The number of nitrogens with one attached hydrogen (secondary N) is 2. The number of carbonyl (C=O) groups is 1. The van der Waals surface area contributed by atoms with Crippen LogP contribution in [0.2, 0.25) is 5.02 Å². The first-order valence-electron chi connectivity index (χ1n) is 7.44. The van der Waals surface area contributed by atoms with Crippen LogP contribution >= 0.6 is 11.6 Å². The molecule has 0 bridgehead atoms. The van der Waals surface area contributed by atoms with Crippen LogP contribution in [-0.2, 0) is 0 Å². The van der Waals surface area contributed by atoms with Crippen LogP contribution in [0.5, 0.6) is 5.75 Å². The number of halogens is 1. The Morgan fingerprint density at radius 2 is 1.56 bits per heavy atom. The average Bonchev–Trinajstić information content (AvgIpc) is 2.65. The maximum Gasteiger partial charge on any atom is 0.258 e. The highest BCUT2D eigenvalue weighted by Gasteiger charge is 2.08. The van der Waals surface area contributed by atoms with Gasteiger partial charge in [-0.1, -0.05) is 11.6 Å². The van der Waals surface area contributed by atoms with E-state index in [0.717, 1.165) is 11.4 Å². The van der Waals surface area contributed by atoms with Crippen molar-refractivity contribution in [1.82, 2.24) is 9.97 Å². The number of aromatic nitrogens is 2. The molecule has 0 spiro atoms. The Morgan fingerprint density at radius 1 is 0.960 bits per heavy atom. The number of rotatable bonds is 5. The molecule has 0 aliphatic rings. The summed E-state index contributed by atoms with van der Waals surface area (Å²) in [5.74, 6) is 0.825. The fourth-order valence-corrected chi connectivity index (χ4v) is 2.18. The number of anilines is 3. The maximum absolute atomic E-state index is 12.2. The number of hydrogen-bond donors (Lipinski definition) is 2. The summed E-state index contributed by atoms with van der Waals surface area (Å²) in [4.78, 5) is 20.5. The number of amides is 1. The molecule has 1 amide bonds. The summed E-state index contributed by atoms with van der Waals surface area (Å²) in [5, 5.41) is 6.46. The van der Waals surface area contributed by atoms with E-state index < -0.39 is 0 Å². The van der Waals surface area contributed by atoms with E-state index >= 15 is 0 Å². The van der Waals surface area contributed by atoms with E-state index in [9.17, 15) is 4.79 Å². The molecule has 2 N–H and O–H groups in total. The lowest BCUT2D eigenvalue weighted by molar-refractivity contribution is 0.102. The third kappa shape index (κ3) is 4.45. The van der Waals surface area contributed by atoms with Gasteiger partial charge < -0.3 is 15.4 Å². The van der Waals surface area contributed by atoms with Crippen LogP contribution in [0.1, 0.15) is 10.4 Å². The second-order valence-corrected chi connectivity index (χ2v) is 5.55. The monoisotopic (exact) mass is 354 g/mol. The molecule has 1 aromatic heterocycles. The highest BCUT2D eigenvalue weighted by Crippen LogP contribution is 2.17. The Bertz CT molecular complexity index is 850. The molecule has 0 fully saturated rings. The minimum Gasteiger partial charge on any atom is -0.497 e. The van der Waals surface area contributed by atoms with Gasteiger partial charge in [-0.05, 0) is 48.5 Å². The van der Waals surface area contributed by atoms with Crippen molar-refractivity contribution in [3.63, 3.8) is 0 Å². The van der Waals surface area contributed by atoms with Gasteiger partial charge in [-0.2, -0.15) is 0 Å². The summed E-state index contributed by atoms with van der Waals surface area (Å²) < 4.78 is 5.08. The second-order valence-electron chi connectivity index (χ2n) is 5.11. The van der Waals surface area contributed by atoms with Crippen molar-refractivity contribution in [1.29, 1.82) is 0 Å². The van der Waals surface area contributed by atoms with Gasteiger partial charge in [-0.15, -0.1) is 0 Å². The van der Waals surface area contributed by atoms with E-state index in [1.165, 1.54) is 12.4 Å². The molecule has 0 saturated heterocycles. The first-order chi connectivity index (χ1) is 12.1. The van der Waals surface area contributed by atoms with E-state index in [4.69, 9.17) is 16.3 Å². The lowest BCUT2D eigenvalue weighted by Crippen LogP contribution is -2.13. The molecule has 3 aromatic rings. The Balaban J connectivity index is 1.64. The normalized spacial score (nSPS) is 10.2. The fraction of sp³-hybridized carbons (Fsp3) is 0.0556. The summed E-state index contributed by atoms with van der Waals surface area (Å²) in [6.45, 7) is 0. The quantitative estimate of drug-likeness (QED) is 0.720. The summed E-state index contributed by atoms with van der Waals surface area (Å²) in [7, 11) is 1.59. The summed E-state index contributed by atoms with van der Waals surface area (Å²) in [6.07, 6.45) is 2.92. The Kier molecular flexibility index (Phi) is 5.11. The topological polar surface area (TPSA) is 76.1 Å². The van der Waals surface area contributed by atoms with Crippen LogP contribution in [0.3, 0.4) is 0 Å². The molecule has 1 heterocycles. The fourth-order valence-electron chi connectivity index (χ4n) is 2.05. The van der Waals surface area contributed by atoms with Gasteiger partial charge in [0.25, 0.3) is 5.91 Å². The number of methoxy groups -OCH3 is 1. The predicted octanol–water partition coefficient (Wildman–Crippen LogP) is 4.13. The van der Waals surface area contributed by atoms with Gasteiger partial charge in [0.2, 0.25) is 5.95 Å². The molecule has 126 valence electrons. The van der Waals surface area contributed by atoms with Gasteiger partial charge in [0.15, 0.2) is 0 Å². The van der Waals surface area contributed by atoms with Crippen LogP contribution in [0.15, 0.2) is 60.9 Å². The highest BCUT2D eigenvalue weighted by molar-refractivity contribution is 6.30. The van der Waals surface area contributed by atoms with Crippen molar-refractivity contribution < 1.29 is 9.53 Å². The van der Waals surface area contributed by atoms with Crippen molar-refractivity contribution in [3.05, 3.63) is 71.5 Å². The SMILES string of the molecule is COc1ccc(NC(=O)c2cnc(Nc3ccc(Cl)cc3)nc2)cc1. The number of ether oxygens (including phenoxy) is 1. The van der Waals surface area contributed by atoms with Crippen LogP contribution in [0.4, 0.5) is 17.3 Å². The molecule has 0 atom stereocenters. The smallest absolute Gasteiger partial charge is 0.258 e. The average molecular weight is 355 g/mol. The number of carbonyl (C=O) groups excluding carboxylic acids is 1. The molecule has 3 rings (SSSR count). The Labute approximate surface area is 149 Å². The minimum atomic E-state index is -0.289. The molecule has 7 heteroatoms. The Hall–Kier alpha value is -3.12. The van der Waals surface area contributed by atoms with Crippen molar-refractivity contribution in [2.45, 2.75) is 0 Å².